The number of aryl methyl sites for hydroxylation is 1. The molecule has 1 atom stereocenters. The fourth-order valence-electron chi connectivity index (χ4n) is 3.16. The zero-order chi connectivity index (χ0) is 13.5. The molecule has 1 heteroatoms. The third-order valence-corrected chi connectivity index (χ3v) is 4.37. The Balaban J connectivity index is 1.64. The maximum Gasteiger partial charge on any atom is 0.136 e. The molecule has 1 aromatic rings. The monoisotopic (exact) mass is 258 g/mol. The van der Waals surface area contributed by atoms with E-state index >= 15 is 0 Å². The van der Waals surface area contributed by atoms with Gasteiger partial charge in [0.05, 0.1) is 0 Å². The van der Waals surface area contributed by atoms with Crippen LogP contribution in [-0.4, -0.2) is 5.78 Å². The van der Waals surface area contributed by atoms with E-state index in [2.05, 4.69) is 37.3 Å². The summed E-state index contributed by atoms with van der Waals surface area (Å²) in [5, 5.41) is 0. The number of carbonyl (C=O) groups is 1. The van der Waals surface area contributed by atoms with Gasteiger partial charge in [0.1, 0.15) is 5.78 Å². The molecule has 0 spiro atoms. The standard InChI is InChI=1S/C18H26O/c1-15(14-18(19)17-12-5-6-13-17)8-7-11-16-9-3-2-4-10-16/h2-4,9-10,15,17H,5-8,11-14H2,1H3. The van der Waals surface area contributed by atoms with Crippen LogP contribution in [0.1, 0.15) is 57.4 Å². The molecule has 0 aliphatic heterocycles. The first-order chi connectivity index (χ1) is 9.25. The smallest absolute Gasteiger partial charge is 0.136 e. The highest BCUT2D eigenvalue weighted by Gasteiger charge is 2.23. The van der Waals surface area contributed by atoms with Crippen LogP contribution in [0, 0.1) is 11.8 Å². The largest absolute Gasteiger partial charge is 0.299 e. The second-order valence-electron chi connectivity index (χ2n) is 6.13. The van der Waals surface area contributed by atoms with Crippen LogP contribution in [-0.2, 0) is 11.2 Å². The molecule has 1 fully saturated rings. The van der Waals surface area contributed by atoms with Crippen LogP contribution >= 0.6 is 0 Å². The molecule has 104 valence electrons. The predicted octanol–water partition coefficient (Wildman–Crippen LogP) is 4.79. The van der Waals surface area contributed by atoms with Gasteiger partial charge in [-0.15, -0.1) is 0 Å². The molecular formula is C18H26O. The van der Waals surface area contributed by atoms with Crippen molar-refractivity contribution in [1.29, 1.82) is 0 Å². The van der Waals surface area contributed by atoms with Crippen molar-refractivity contribution in [3.8, 4) is 0 Å². The van der Waals surface area contributed by atoms with Crippen molar-refractivity contribution in [2.75, 3.05) is 0 Å². The first-order valence-electron chi connectivity index (χ1n) is 7.82. The fourth-order valence-corrected chi connectivity index (χ4v) is 3.16. The third kappa shape index (κ3) is 4.81. The molecule has 0 aromatic heterocycles. The molecule has 1 aliphatic rings. The number of rotatable bonds is 7. The Morgan fingerprint density at radius 2 is 1.89 bits per heavy atom. The van der Waals surface area contributed by atoms with Crippen LogP contribution in [0.3, 0.4) is 0 Å². The van der Waals surface area contributed by atoms with E-state index in [4.69, 9.17) is 0 Å². The molecule has 1 saturated carbocycles. The number of ketones is 1. The molecule has 0 saturated heterocycles. The summed E-state index contributed by atoms with van der Waals surface area (Å²) in [6, 6.07) is 10.6. The van der Waals surface area contributed by atoms with Gasteiger partial charge < -0.3 is 0 Å². The van der Waals surface area contributed by atoms with Gasteiger partial charge in [-0.2, -0.15) is 0 Å². The molecule has 0 amide bonds. The van der Waals surface area contributed by atoms with Crippen molar-refractivity contribution >= 4 is 5.78 Å². The van der Waals surface area contributed by atoms with Crippen LogP contribution < -0.4 is 0 Å². The van der Waals surface area contributed by atoms with Crippen molar-refractivity contribution in [2.45, 2.75) is 58.3 Å². The highest BCUT2D eigenvalue weighted by molar-refractivity contribution is 5.81. The lowest BCUT2D eigenvalue weighted by Gasteiger charge is -2.13. The highest BCUT2D eigenvalue weighted by Crippen LogP contribution is 2.28. The van der Waals surface area contributed by atoms with Gasteiger partial charge in [0, 0.05) is 12.3 Å². The summed E-state index contributed by atoms with van der Waals surface area (Å²) >= 11 is 0. The lowest BCUT2D eigenvalue weighted by molar-refractivity contribution is -0.123. The summed E-state index contributed by atoms with van der Waals surface area (Å²) in [5.41, 5.74) is 1.41. The molecule has 0 heterocycles. The first-order valence-corrected chi connectivity index (χ1v) is 7.82. The average Bonchev–Trinajstić information content (AvgIpc) is 2.94. The Kier molecular flexibility index (Phi) is 5.62. The van der Waals surface area contributed by atoms with Crippen LogP contribution in [0.15, 0.2) is 30.3 Å². The molecular weight excluding hydrogens is 232 g/mol. The normalized spacial score (nSPS) is 17.5. The van der Waals surface area contributed by atoms with Crippen molar-refractivity contribution in [3.63, 3.8) is 0 Å². The quantitative estimate of drug-likeness (QED) is 0.687. The average molecular weight is 258 g/mol. The van der Waals surface area contributed by atoms with Gasteiger partial charge in [-0.05, 0) is 43.6 Å². The van der Waals surface area contributed by atoms with E-state index in [9.17, 15) is 4.79 Å². The summed E-state index contributed by atoms with van der Waals surface area (Å²) in [5.74, 6) is 1.48. The zero-order valence-electron chi connectivity index (χ0n) is 12.1. The minimum absolute atomic E-state index is 0.400. The second-order valence-corrected chi connectivity index (χ2v) is 6.13. The lowest BCUT2D eigenvalue weighted by Crippen LogP contribution is -2.14. The van der Waals surface area contributed by atoms with Gasteiger partial charge >= 0.3 is 0 Å². The van der Waals surface area contributed by atoms with Crippen LogP contribution in [0.4, 0.5) is 0 Å². The van der Waals surface area contributed by atoms with E-state index in [-0.39, 0.29) is 0 Å². The molecule has 0 radical (unpaired) electrons. The van der Waals surface area contributed by atoms with E-state index in [0.29, 0.717) is 17.6 Å². The van der Waals surface area contributed by atoms with Crippen molar-refractivity contribution in [3.05, 3.63) is 35.9 Å². The molecule has 0 bridgehead atoms. The van der Waals surface area contributed by atoms with Gasteiger partial charge in [-0.25, -0.2) is 0 Å². The predicted molar refractivity (Wildman–Crippen MR) is 80.1 cm³/mol. The van der Waals surface area contributed by atoms with E-state index < -0.39 is 0 Å². The van der Waals surface area contributed by atoms with Crippen molar-refractivity contribution < 1.29 is 4.79 Å². The molecule has 1 aliphatic carbocycles. The Hall–Kier alpha value is -1.11. The topological polar surface area (TPSA) is 17.1 Å². The summed E-state index contributed by atoms with van der Waals surface area (Å²) in [4.78, 5) is 12.1. The summed E-state index contributed by atoms with van der Waals surface area (Å²) in [6.07, 6.45) is 9.14. The van der Waals surface area contributed by atoms with E-state index in [0.717, 1.165) is 25.7 Å². The highest BCUT2D eigenvalue weighted by atomic mass is 16.1. The fraction of sp³-hybridized carbons (Fsp3) is 0.611. The first kappa shape index (κ1) is 14.3. The van der Waals surface area contributed by atoms with Gasteiger partial charge in [0.2, 0.25) is 0 Å². The van der Waals surface area contributed by atoms with Crippen LogP contribution in [0.2, 0.25) is 0 Å². The van der Waals surface area contributed by atoms with Crippen LogP contribution in [0.25, 0.3) is 0 Å². The van der Waals surface area contributed by atoms with E-state index in [1.807, 2.05) is 0 Å². The SMILES string of the molecule is CC(CCCc1ccccc1)CC(=O)C1CCCC1. The Morgan fingerprint density at radius 1 is 1.21 bits per heavy atom. The molecule has 1 aromatic carbocycles. The lowest BCUT2D eigenvalue weighted by atomic mass is 9.91. The minimum Gasteiger partial charge on any atom is -0.299 e. The minimum atomic E-state index is 0.400. The number of hydrogen-bond donors (Lipinski definition) is 0. The number of carbonyl (C=O) groups excluding carboxylic acids is 1. The van der Waals surface area contributed by atoms with Gasteiger partial charge in [0.25, 0.3) is 0 Å². The molecule has 1 unspecified atom stereocenters. The van der Waals surface area contributed by atoms with Gasteiger partial charge in [0.15, 0.2) is 0 Å². The van der Waals surface area contributed by atoms with Crippen molar-refractivity contribution in [1.82, 2.24) is 0 Å². The zero-order valence-corrected chi connectivity index (χ0v) is 12.1. The number of Topliss-reactive ketones (excluding diaryl/α,β-unsaturated/α-hetero) is 1. The summed E-state index contributed by atoms with van der Waals surface area (Å²) in [6.45, 7) is 2.23. The number of hydrogen-bond acceptors (Lipinski definition) is 1. The molecule has 0 N–H and O–H groups in total. The number of benzene rings is 1. The Bertz CT molecular complexity index is 376. The van der Waals surface area contributed by atoms with E-state index in [1.54, 1.807) is 0 Å². The van der Waals surface area contributed by atoms with Gasteiger partial charge in [-0.3, -0.25) is 4.79 Å². The summed E-state index contributed by atoms with van der Waals surface area (Å²) in [7, 11) is 0. The maximum atomic E-state index is 12.1. The Morgan fingerprint density at radius 3 is 2.58 bits per heavy atom. The second kappa shape index (κ2) is 7.47. The Labute approximate surface area is 117 Å². The molecule has 2 rings (SSSR count). The summed E-state index contributed by atoms with van der Waals surface area (Å²) < 4.78 is 0. The third-order valence-electron chi connectivity index (χ3n) is 4.37. The van der Waals surface area contributed by atoms with Crippen molar-refractivity contribution in [2.24, 2.45) is 11.8 Å². The maximum absolute atomic E-state index is 12.1. The molecule has 1 nitrogen and oxygen atoms in total. The molecule has 19 heavy (non-hydrogen) atoms. The van der Waals surface area contributed by atoms with E-state index in [1.165, 1.54) is 31.2 Å². The van der Waals surface area contributed by atoms with Crippen LogP contribution in [0.5, 0.6) is 0 Å². The van der Waals surface area contributed by atoms with Gasteiger partial charge in [-0.1, -0.05) is 50.1 Å².